The summed E-state index contributed by atoms with van der Waals surface area (Å²) in [5, 5.41) is 9.20. The molecule has 1 N–H and O–H groups in total. The van der Waals surface area contributed by atoms with Gasteiger partial charge >= 0.3 is 0 Å². The molecule has 2 rings (SSSR count). The van der Waals surface area contributed by atoms with Crippen LogP contribution in [-0.2, 0) is 6.42 Å². The Hall–Kier alpha value is -1.41. The van der Waals surface area contributed by atoms with Gasteiger partial charge in [-0.15, -0.1) is 11.8 Å². The van der Waals surface area contributed by atoms with E-state index in [4.69, 9.17) is 0 Å². The maximum Gasteiger partial charge on any atom is 0.115 e. The molecular weight excluding hydrogens is 252 g/mol. The molecule has 0 unspecified atom stereocenters. The quantitative estimate of drug-likeness (QED) is 0.571. The molecule has 0 bridgehead atoms. The average Bonchev–Trinajstić information content (AvgIpc) is 2.46. The molecule has 0 spiro atoms. The van der Waals surface area contributed by atoms with Gasteiger partial charge in [0.05, 0.1) is 0 Å². The number of benzene rings is 2. The van der Waals surface area contributed by atoms with Crippen molar-refractivity contribution in [2.45, 2.75) is 30.6 Å². The number of rotatable bonds is 7. The standard InChI is InChI=1S/C17H20OS/c18-16-10-12-17(13-11-16)19-14-6-2-5-9-15-7-3-1-4-8-15/h1,3-4,7-8,10-13,18H,2,5-6,9,14H2. The Balaban J connectivity index is 1.56. The normalized spacial score (nSPS) is 10.5. The van der Waals surface area contributed by atoms with Gasteiger partial charge in [0.1, 0.15) is 5.75 Å². The van der Waals surface area contributed by atoms with Gasteiger partial charge in [-0.25, -0.2) is 0 Å². The largest absolute Gasteiger partial charge is 0.508 e. The summed E-state index contributed by atoms with van der Waals surface area (Å²) in [5.41, 5.74) is 1.44. The number of unbranched alkanes of at least 4 members (excludes halogenated alkanes) is 2. The van der Waals surface area contributed by atoms with Crippen LogP contribution in [0.1, 0.15) is 24.8 Å². The van der Waals surface area contributed by atoms with E-state index in [0.29, 0.717) is 5.75 Å². The minimum absolute atomic E-state index is 0.340. The molecule has 2 aromatic carbocycles. The molecule has 0 heterocycles. The third-order valence-electron chi connectivity index (χ3n) is 3.06. The fourth-order valence-electron chi connectivity index (χ4n) is 1.99. The maximum absolute atomic E-state index is 9.20. The molecule has 0 aliphatic carbocycles. The van der Waals surface area contributed by atoms with Crippen molar-refractivity contribution in [3.8, 4) is 5.75 Å². The van der Waals surface area contributed by atoms with Crippen molar-refractivity contribution in [1.82, 2.24) is 0 Å². The van der Waals surface area contributed by atoms with Crippen LogP contribution in [-0.4, -0.2) is 10.9 Å². The predicted octanol–water partition coefficient (Wildman–Crippen LogP) is 4.90. The van der Waals surface area contributed by atoms with Gasteiger partial charge in [0.25, 0.3) is 0 Å². The summed E-state index contributed by atoms with van der Waals surface area (Å²) in [6.07, 6.45) is 4.98. The number of thioether (sulfide) groups is 1. The van der Waals surface area contributed by atoms with Gasteiger partial charge in [-0.1, -0.05) is 36.8 Å². The minimum Gasteiger partial charge on any atom is -0.508 e. The first kappa shape index (κ1) is 14.0. The lowest BCUT2D eigenvalue weighted by Gasteiger charge is -2.03. The molecule has 0 aromatic heterocycles. The Labute approximate surface area is 119 Å². The third-order valence-corrected chi connectivity index (χ3v) is 4.16. The predicted molar refractivity (Wildman–Crippen MR) is 82.8 cm³/mol. The van der Waals surface area contributed by atoms with E-state index in [2.05, 4.69) is 30.3 Å². The van der Waals surface area contributed by atoms with Gasteiger partial charge in [0.2, 0.25) is 0 Å². The van der Waals surface area contributed by atoms with Crippen LogP contribution in [0.5, 0.6) is 5.75 Å². The van der Waals surface area contributed by atoms with Crippen molar-refractivity contribution in [3.63, 3.8) is 0 Å². The summed E-state index contributed by atoms with van der Waals surface area (Å²) in [6, 6.07) is 18.1. The summed E-state index contributed by atoms with van der Waals surface area (Å²) in [4.78, 5) is 1.24. The second-order valence-electron chi connectivity index (χ2n) is 4.64. The van der Waals surface area contributed by atoms with Crippen LogP contribution in [0.25, 0.3) is 0 Å². The highest BCUT2D eigenvalue weighted by Crippen LogP contribution is 2.22. The van der Waals surface area contributed by atoms with Gasteiger partial charge in [-0.3, -0.25) is 0 Å². The summed E-state index contributed by atoms with van der Waals surface area (Å²) in [6.45, 7) is 0. The molecule has 0 saturated carbocycles. The molecule has 0 amide bonds. The van der Waals surface area contributed by atoms with Crippen molar-refractivity contribution in [2.24, 2.45) is 0 Å². The molecule has 0 atom stereocenters. The van der Waals surface area contributed by atoms with Gasteiger partial charge in [-0.05, 0) is 54.8 Å². The summed E-state index contributed by atoms with van der Waals surface area (Å²) in [7, 11) is 0. The van der Waals surface area contributed by atoms with E-state index in [1.807, 2.05) is 23.9 Å². The zero-order valence-electron chi connectivity index (χ0n) is 11.1. The number of aromatic hydroxyl groups is 1. The van der Waals surface area contributed by atoms with E-state index in [-0.39, 0.29) is 0 Å². The topological polar surface area (TPSA) is 20.2 Å². The first-order chi connectivity index (χ1) is 9.34. The molecule has 0 aliphatic rings. The van der Waals surface area contributed by atoms with Gasteiger partial charge in [-0.2, -0.15) is 0 Å². The minimum atomic E-state index is 0.340. The van der Waals surface area contributed by atoms with Gasteiger partial charge in [0, 0.05) is 4.90 Å². The van der Waals surface area contributed by atoms with Gasteiger partial charge < -0.3 is 5.11 Å². The van der Waals surface area contributed by atoms with Crippen LogP contribution in [0.4, 0.5) is 0 Å². The lowest BCUT2D eigenvalue weighted by Crippen LogP contribution is -1.86. The second kappa shape index (κ2) is 7.90. The number of hydrogen-bond donors (Lipinski definition) is 1. The third kappa shape index (κ3) is 5.39. The second-order valence-corrected chi connectivity index (χ2v) is 5.81. The number of aryl methyl sites for hydroxylation is 1. The van der Waals surface area contributed by atoms with E-state index in [9.17, 15) is 5.11 Å². The van der Waals surface area contributed by atoms with Crippen LogP contribution < -0.4 is 0 Å². The average molecular weight is 272 g/mol. The van der Waals surface area contributed by atoms with Crippen LogP contribution in [0.3, 0.4) is 0 Å². The number of phenolic OH excluding ortho intramolecular Hbond substituents is 1. The molecule has 0 aliphatic heterocycles. The van der Waals surface area contributed by atoms with E-state index < -0.39 is 0 Å². The Kier molecular flexibility index (Phi) is 5.83. The Morgan fingerprint density at radius 3 is 2.26 bits per heavy atom. The van der Waals surface area contributed by atoms with E-state index >= 15 is 0 Å². The molecule has 1 nitrogen and oxygen atoms in total. The summed E-state index contributed by atoms with van der Waals surface area (Å²) >= 11 is 1.86. The first-order valence-electron chi connectivity index (χ1n) is 6.80. The highest BCUT2D eigenvalue weighted by Gasteiger charge is 1.96. The molecular formula is C17H20OS. The van der Waals surface area contributed by atoms with Crippen LogP contribution in [0.2, 0.25) is 0 Å². The van der Waals surface area contributed by atoms with Crippen molar-refractivity contribution in [3.05, 3.63) is 60.2 Å². The van der Waals surface area contributed by atoms with Crippen molar-refractivity contribution >= 4 is 11.8 Å². The zero-order valence-corrected chi connectivity index (χ0v) is 11.9. The Morgan fingerprint density at radius 2 is 1.53 bits per heavy atom. The molecule has 100 valence electrons. The monoisotopic (exact) mass is 272 g/mol. The fraction of sp³-hybridized carbons (Fsp3) is 0.294. The van der Waals surface area contributed by atoms with Crippen molar-refractivity contribution in [1.29, 1.82) is 0 Å². The van der Waals surface area contributed by atoms with E-state index in [0.717, 1.165) is 5.75 Å². The van der Waals surface area contributed by atoms with Crippen LogP contribution >= 0.6 is 11.8 Å². The van der Waals surface area contributed by atoms with Gasteiger partial charge in [0.15, 0.2) is 0 Å². The zero-order chi connectivity index (χ0) is 13.3. The van der Waals surface area contributed by atoms with Crippen molar-refractivity contribution < 1.29 is 5.11 Å². The molecule has 0 fully saturated rings. The van der Waals surface area contributed by atoms with Crippen LogP contribution in [0, 0.1) is 0 Å². The van der Waals surface area contributed by atoms with E-state index in [1.165, 1.54) is 36.1 Å². The molecule has 2 aromatic rings. The summed E-state index contributed by atoms with van der Waals surface area (Å²) in [5.74, 6) is 1.49. The lowest BCUT2D eigenvalue weighted by molar-refractivity contribution is 0.475. The molecule has 19 heavy (non-hydrogen) atoms. The molecule has 2 heteroatoms. The SMILES string of the molecule is Oc1ccc(SCCCCCc2ccccc2)cc1. The molecule has 0 saturated heterocycles. The fourth-order valence-corrected chi connectivity index (χ4v) is 2.90. The highest BCUT2D eigenvalue weighted by atomic mass is 32.2. The summed E-state index contributed by atoms with van der Waals surface area (Å²) < 4.78 is 0. The van der Waals surface area contributed by atoms with Crippen molar-refractivity contribution in [2.75, 3.05) is 5.75 Å². The van der Waals surface area contributed by atoms with E-state index in [1.54, 1.807) is 12.1 Å². The number of hydrogen-bond acceptors (Lipinski definition) is 2. The smallest absolute Gasteiger partial charge is 0.115 e. The highest BCUT2D eigenvalue weighted by molar-refractivity contribution is 7.99. The maximum atomic E-state index is 9.20. The molecule has 0 radical (unpaired) electrons. The number of phenols is 1. The first-order valence-corrected chi connectivity index (χ1v) is 7.79. The van der Waals surface area contributed by atoms with Crippen LogP contribution in [0.15, 0.2) is 59.5 Å². The Morgan fingerprint density at radius 1 is 0.789 bits per heavy atom. The Bertz CT molecular complexity index is 464. The lowest BCUT2D eigenvalue weighted by atomic mass is 10.1.